The Balaban J connectivity index is 1.74. The Morgan fingerprint density at radius 3 is 2.90 bits per heavy atom. The van der Waals surface area contributed by atoms with Crippen LogP contribution < -0.4 is 15.8 Å². The van der Waals surface area contributed by atoms with Gasteiger partial charge in [0.15, 0.2) is 6.61 Å². The number of ether oxygens (including phenoxy) is 1. The predicted molar refractivity (Wildman–Crippen MR) is 79.8 cm³/mol. The standard InChI is InChI=1S/C15H21N3O3/c1-11(9-18-8-4-7-15(18)20)17-14(19)10-21-13-6-3-2-5-12(13)16/h2-3,5-6,11H,4,7-10,16H2,1H3,(H,17,19). The van der Waals surface area contributed by atoms with Crippen LogP contribution in [0.5, 0.6) is 5.75 Å². The molecule has 1 aromatic carbocycles. The minimum Gasteiger partial charge on any atom is -0.482 e. The zero-order valence-electron chi connectivity index (χ0n) is 12.2. The number of rotatable bonds is 6. The van der Waals surface area contributed by atoms with Crippen LogP contribution in [-0.2, 0) is 9.59 Å². The molecular formula is C15H21N3O3. The van der Waals surface area contributed by atoms with Gasteiger partial charge in [0.2, 0.25) is 5.91 Å². The van der Waals surface area contributed by atoms with Gasteiger partial charge in [-0.2, -0.15) is 0 Å². The van der Waals surface area contributed by atoms with Gasteiger partial charge in [-0.05, 0) is 25.5 Å². The molecule has 1 fully saturated rings. The summed E-state index contributed by atoms with van der Waals surface area (Å²) < 4.78 is 5.37. The molecule has 6 nitrogen and oxygen atoms in total. The van der Waals surface area contributed by atoms with Crippen molar-refractivity contribution in [2.45, 2.75) is 25.8 Å². The third kappa shape index (κ3) is 4.37. The maximum atomic E-state index is 11.8. The molecule has 2 amide bonds. The van der Waals surface area contributed by atoms with Gasteiger partial charge in [0.1, 0.15) is 5.75 Å². The summed E-state index contributed by atoms with van der Waals surface area (Å²) >= 11 is 0. The van der Waals surface area contributed by atoms with E-state index >= 15 is 0 Å². The summed E-state index contributed by atoms with van der Waals surface area (Å²) in [7, 11) is 0. The molecule has 1 aliphatic rings. The highest BCUT2D eigenvalue weighted by atomic mass is 16.5. The van der Waals surface area contributed by atoms with Crippen molar-refractivity contribution < 1.29 is 14.3 Å². The Hall–Kier alpha value is -2.24. The van der Waals surface area contributed by atoms with Gasteiger partial charge in [-0.25, -0.2) is 0 Å². The highest BCUT2D eigenvalue weighted by molar-refractivity contribution is 5.79. The molecule has 1 atom stereocenters. The molecule has 3 N–H and O–H groups in total. The fourth-order valence-corrected chi connectivity index (χ4v) is 2.35. The molecule has 0 aromatic heterocycles. The monoisotopic (exact) mass is 291 g/mol. The van der Waals surface area contributed by atoms with E-state index in [0.29, 0.717) is 24.4 Å². The Morgan fingerprint density at radius 2 is 2.24 bits per heavy atom. The number of para-hydroxylation sites is 2. The minimum atomic E-state index is -0.225. The highest BCUT2D eigenvalue weighted by Crippen LogP contribution is 2.19. The number of likely N-dealkylation sites (tertiary alicyclic amines) is 1. The largest absolute Gasteiger partial charge is 0.482 e. The molecule has 0 bridgehead atoms. The third-order valence-electron chi connectivity index (χ3n) is 3.35. The van der Waals surface area contributed by atoms with Crippen molar-refractivity contribution in [3.63, 3.8) is 0 Å². The molecule has 6 heteroatoms. The summed E-state index contributed by atoms with van der Waals surface area (Å²) in [6.07, 6.45) is 1.51. The topological polar surface area (TPSA) is 84.7 Å². The lowest BCUT2D eigenvalue weighted by Crippen LogP contribution is -2.44. The number of anilines is 1. The summed E-state index contributed by atoms with van der Waals surface area (Å²) in [6, 6.07) is 6.93. The first-order valence-electron chi connectivity index (χ1n) is 7.10. The van der Waals surface area contributed by atoms with Crippen molar-refractivity contribution >= 4 is 17.5 Å². The fourth-order valence-electron chi connectivity index (χ4n) is 2.35. The van der Waals surface area contributed by atoms with Crippen LogP contribution in [0.4, 0.5) is 5.69 Å². The Labute approximate surface area is 124 Å². The maximum absolute atomic E-state index is 11.8. The molecule has 21 heavy (non-hydrogen) atoms. The van der Waals surface area contributed by atoms with Gasteiger partial charge in [0.05, 0.1) is 5.69 Å². The normalized spacial score (nSPS) is 15.9. The maximum Gasteiger partial charge on any atom is 0.258 e. The fraction of sp³-hybridized carbons (Fsp3) is 0.467. The lowest BCUT2D eigenvalue weighted by atomic mass is 10.3. The number of amides is 2. The molecule has 0 aliphatic carbocycles. The first-order valence-corrected chi connectivity index (χ1v) is 7.10. The van der Waals surface area contributed by atoms with E-state index in [2.05, 4.69) is 5.32 Å². The van der Waals surface area contributed by atoms with Crippen molar-refractivity contribution in [1.82, 2.24) is 10.2 Å². The van der Waals surface area contributed by atoms with E-state index in [1.165, 1.54) is 0 Å². The van der Waals surface area contributed by atoms with E-state index in [1.807, 2.05) is 6.92 Å². The Bertz CT molecular complexity index is 519. The second kappa shape index (κ2) is 6.97. The average Bonchev–Trinajstić information content (AvgIpc) is 2.83. The number of carbonyl (C=O) groups is 2. The molecule has 1 unspecified atom stereocenters. The number of benzene rings is 1. The average molecular weight is 291 g/mol. The molecule has 114 valence electrons. The van der Waals surface area contributed by atoms with E-state index < -0.39 is 0 Å². The lowest BCUT2D eigenvalue weighted by Gasteiger charge is -2.21. The lowest BCUT2D eigenvalue weighted by molar-refractivity contribution is -0.129. The number of nitrogens with two attached hydrogens (primary N) is 1. The molecule has 2 rings (SSSR count). The van der Waals surface area contributed by atoms with E-state index in [-0.39, 0.29) is 24.5 Å². The summed E-state index contributed by atoms with van der Waals surface area (Å²) in [5, 5.41) is 2.82. The first-order chi connectivity index (χ1) is 10.1. The smallest absolute Gasteiger partial charge is 0.258 e. The van der Waals surface area contributed by atoms with Crippen LogP contribution in [0, 0.1) is 0 Å². The number of nitrogens with one attached hydrogen (secondary N) is 1. The second-order valence-electron chi connectivity index (χ2n) is 5.24. The Kier molecular flexibility index (Phi) is 5.03. The van der Waals surface area contributed by atoms with Gasteiger partial charge < -0.3 is 20.7 Å². The number of carbonyl (C=O) groups excluding carboxylic acids is 2. The Morgan fingerprint density at radius 1 is 1.48 bits per heavy atom. The molecule has 1 aliphatic heterocycles. The van der Waals surface area contributed by atoms with Crippen LogP contribution in [0.2, 0.25) is 0 Å². The van der Waals surface area contributed by atoms with Gasteiger partial charge in [-0.3, -0.25) is 9.59 Å². The number of hydrogen-bond acceptors (Lipinski definition) is 4. The predicted octanol–water partition coefficient (Wildman–Crippen LogP) is 0.775. The molecule has 0 spiro atoms. The van der Waals surface area contributed by atoms with Crippen LogP contribution in [0.3, 0.4) is 0 Å². The van der Waals surface area contributed by atoms with Crippen LogP contribution in [0.1, 0.15) is 19.8 Å². The van der Waals surface area contributed by atoms with Crippen LogP contribution in [0.25, 0.3) is 0 Å². The van der Waals surface area contributed by atoms with Crippen molar-refractivity contribution in [2.24, 2.45) is 0 Å². The second-order valence-corrected chi connectivity index (χ2v) is 5.24. The van der Waals surface area contributed by atoms with Gasteiger partial charge in [0.25, 0.3) is 5.91 Å². The third-order valence-corrected chi connectivity index (χ3v) is 3.35. The zero-order chi connectivity index (χ0) is 15.2. The van der Waals surface area contributed by atoms with Crippen molar-refractivity contribution in [3.05, 3.63) is 24.3 Å². The van der Waals surface area contributed by atoms with Crippen LogP contribution in [0.15, 0.2) is 24.3 Å². The van der Waals surface area contributed by atoms with Gasteiger partial charge in [-0.15, -0.1) is 0 Å². The number of nitrogens with zero attached hydrogens (tertiary/aromatic N) is 1. The molecule has 1 heterocycles. The van der Waals surface area contributed by atoms with E-state index in [4.69, 9.17) is 10.5 Å². The molecule has 0 saturated carbocycles. The summed E-state index contributed by atoms with van der Waals surface area (Å²) in [4.78, 5) is 25.1. The summed E-state index contributed by atoms with van der Waals surface area (Å²) in [5.41, 5.74) is 6.23. The van der Waals surface area contributed by atoms with Gasteiger partial charge in [-0.1, -0.05) is 12.1 Å². The van der Waals surface area contributed by atoms with Crippen LogP contribution in [-0.4, -0.2) is 42.5 Å². The van der Waals surface area contributed by atoms with Crippen molar-refractivity contribution in [3.8, 4) is 5.75 Å². The summed E-state index contributed by atoms with van der Waals surface area (Å²) in [6.45, 7) is 3.10. The molecular weight excluding hydrogens is 270 g/mol. The first kappa shape index (κ1) is 15.2. The van der Waals surface area contributed by atoms with E-state index in [0.717, 1.165) is 13.0 Å². The van der Waals surface area contributed by atoms with E-state index in [1.54, 1.807) is 29.2 Å². The zero-order valence-corrected chi connectivity index (χ0v) is 12.2. The van der Waals surface area contributed by atoms with E-state index in [9.17, 15) is 9.59 Å². The molecule has 1 aromatic rings. The minimum absolute atomic E-state index is 0.0908. The highest BCUT2D eigenvalue weighted by Gasteiger charge is 2.22. The van der Waals surface area contributed by atoms with Crippen molar-refractivity contribution in [2.75, 3.05) is 25.4 Å². The molecule has 1 saturated heterocycles. The molecule has 0 radical (unpaired) electrons. The number of nitrogen functional groups attached to an aromatic ring is 1. The van der Waals surface area contributed by atoms with Crippen LogP contribution >= 0.6 is 0 Å². The van der Waals surface area contributed by atoms with Gasteiger partial charge in [0, 0.05) is 25.6 Å². The SMILES string of the molecule is CC(CN1CCCC1=O)NC(=O)COc1ccccc1N. The number of hydrogen-bond donors (Lipinski definition) is 2. The summed E-state index contributed by atoms with van der Waals surface area (Å²) in [5.74, 6) is 0.428. The van der Waals surface area contributed by atoms with Gasteiger partial charge >= 0.3 is 0 Å². The van der Waals surface area contributed by atoms with Crippen molar-refractivity contribution in [1.29, 1.82) is 0 Å². The quantitative estimate of drug-likeness (QED) is 0.758.